The zero-order valence-corrected chi connectivity index (χ0v) is 19.9. The Kier molecular flexibility index (Phi) is 7.93. The minimum absolute atomic E-state index is 0.135. The number of benzene rings is 3. The lowest BCUT2D eigenvalue weighted by atomic mass is 10.1. The van der Waals surface area contributed by atoms with Gasteiger partial charge in [-0.05, 0) is 55.5 Å². The third-order valence-electron chi connectivity index (χ3n) is 5.09. The molecule has 0 aromatic heterocycles. The summed E-state index contributed by atoms with van der Waals surface area (Å²) in [4.78, 5) is 38.0. The molecule has 182 valence electrons. The summed E-state index contributed by atoms with van der Waals surface area (Å²) >= 11 is 0. The van der Waals surface area contributed by atoms with E-state index in [0.29, 0.717) is 11.3 Å². The Morgan fingerprint density at radius 1 is 0.857 bits per heavy atom. The standard InChI is InChI=1S/C26H26N2O7/c1-16-5-7-17(8-6-16)25(30)28(2)19-9-11-20(12-10-19)35-26(31)18-13-21(32-3)24(22(14-18)33-4)34-15-23(27)29/h5-14H,15H2,1-4H3,(H2,27,29). The van der Waals surface area contributed by atoms with Crippen molar-refractivity contribution in [3.8, 4) is 23.0 Å². The van der Waals surface area contributed by atoms with Gasteiger partial charge in [0.2, 0.25) is 5.75 Å². The molecule has 9 nitrogen and oxygen atoms in total. The Hall–Kier alpha value is -4.53. The summed E-state index contributed by atoms with van der Waals surface area (Å²) in [5.74, 6) is -0.745. The molecule has 9 heteroatoms. The molecule has 0 saturated carbocycles. The van der Waals surface area contributed by atoms with E-state index in [-0.39, 0.29) is 41.1 Å². The van der Waals surface area contributed by atoms with E-state index >= 15 is 0 Å². The monoisotopic (exact) mass is 478 g/mol. The lowest BCUT2D eigenvalue weighted by Crippen LogP contribution is -2.26. The zero-order valence-electron chi connectivity index (χ0n) is 19.9. The van der Waals surface area contributed by atoms with Crippen LogP contribution in [0.1, 0.15) is 26.3 Å². The van der Waals surface area contributed by atoms with E-state index in [1.807, 2.05) is 19.1 Å². The lowest BCUT2D eigenvalue weighted by molar-refractivity contribution is -0.120. The van der Waals surface area contributed by atoms with Crippen molar-refractivity contribution in [1.29, 1.82) is 0 Å². The lowest BCUT2D eigenvalue weighted by Gasteiger charge is -2.18. The van der Waals surface area contributed by atoms with E-state index in [1.54, 1.807) is 43.4 Å². The van der Waals surface area contributed by atoms with Crippen LogP contribution in [0.4, 0.5) is 5.69 Å². The van der Waals surface area contributed by atoms with Gasteiger partial charge in [0.15, 0.2) is 18.1 Å². The molecule has 0 heterocycles. The molecule has 3 rings (SSSR count). The molecule has 3 aromatic carbocycles. The average Bonchev–Trinajstić information content (AvgIpc) is 2.86. The minimum Gasteiger partial charge on any atom is -0.493 e. The third-order valence-corrected chi connectivity index (χ3v) is 5.09. The molecule has 0 bridgehead atoms. The van der Waals surface area contributed by atoms with E-state index < -0.39 is 11.9 Å². The number of aryl methyl sites for hydroxylation is 1. The normalized spacial score (nSPS) is 10.3. The Bertz CT molecular complexity index is 1200. The largest absolute Gasteiger partial charge is 0.493 e. The van der Waals surface area contributed by atoms with Gasteiger partial charge < -0.3 is 29.6 Å². The van der Waals surface area contributed by atoms with Crippen molar-refractivity contribution in [3.05, 3.63) is 77.4 Å². The molecule has 0 atom stereocenters. The van der Waals surface area contributed by atoms with E-state index in [0.717, 1.165) is 5.56 Å². The number of amides is 2. The van der Waals surface area contributed by atoms with Crippen molar-refractivity contribution in [2.45, 2.75) is 6.92 Å². The van der Waals surface area contributed by atoms with Gasteiger partial charge in [-0.3, -0.25) is 9.59 Å². The Morgan fingerprint density at radius 3 is 1.94 bits per heavy atom. The predicted octanol–water partition coefficient (Wildman–Crippen LogP) is 3.37. The van der Waals surface area contributed by atoms with Crippen LogP contribution < -0.4 is 29.6 Å². The number of rotatable bonds is 9. The van der Waals surface area contributed by atoms with Crippen LogP contribution >= 0.6 is 0 Å². The van der Waals surface area contributed by atoms with Gasteiger partial charge in [-0.2, -0.15) is 0 Å². The van der Waals surface area contributed by atoms with Crippen LogP contribution in [0.5, 0.6) is 23.0 Å². The van der Waals surface area contributed by atoms with Crippen LogP contribution in [0.15, 0.2) is 60.7 Å². The molecular weight excluding hydrogens is 452 g/mol. The maximum Gasteiger partial charge on any atom is 0.343 e. The number of primary amides is 1. The highest BCUT2D eigenvalue weighted by Gasteiger charge is 2.20. The van der Waals surface area contributed by atoms with E-state index in [1.165, 1.54) is 31.3 Å². The molecule has 0 aliphatic rings. The van der Waals surface area contributed by atoms with Crippen LogP contribution in [0.25, 0.3) is 0 Å². The molecule has 35 heavy (non-hydrogen) atoms. The zero-order chi connectivity index (χ0) is 25.5. The number of esters is 1. The second kappa shape index (κ2) is 11.1. The molecule has 0 aliphatic carbocycles. The van der Waals surface area contributed by atoms with Crippen LogP contribution in [0.3, 0.4) is 0 Å². The van der Waals surface area contributed by atoms with Crippen molar-refractivity contribution in [3.63, 3.8) is 0 Å². The van der Waals surface area contributed by atoms with Crippen molar-refractivity contribution >= 4 is 23.5 Å². The SMILES string of the molecule is COc1cc(C(=O)Oc2ccc(N(C)C(=O)c3ccc(C)cc3)cc2)cc(OC)c1OCC(N)=O. The molecule has 0 radical (unpaired) electrons. The minimum atomic E-state index is -0.674. The number of nitrogens with two attached hydrogens (primary N) is 1. The van der Waals surface area contributed by atoms with Gasteiger partial charge in [0.05, 0.1) is 19.8 Å². The van der Waals surface area contributed by atoms with Gasteiger partial charge >= 0.3 is 5.97 Å². The van der Waals surface area contributed by atoms with Crippen molar-refractivity contribution in [2.24, 2.45) is 5.73 Å². The molecule has 3 aromatic rings. The first kappa shape index (κ1) is 25.1. The second-order valence-electron chi connectivity index (χ2n) is 7.58. The van der Waals surface area contributed by atoms with Crippen LogP contribution in [0, 0.1) is 6.92 Å². The van der Waals surface area contributed by atoms with Gasteiger partial charge in [-0.1, -0.05) is 17.7 Å². The van der Waals surface area contributed by atoms with E-state index in [4.69, 9.17) is 24.7 Å². The summed E-state index contributed by atoms with van der Waals surface area (Å²) < 4.78 is 21.3. The maximum absolute atomic E-state index is 12.8. The van der Waals surface area contributed by atoms with Gasteiger partial charge in [0.1, 0.15) is 5.75 Å². The first-order chi connectivity index (χ1) is 16.7. The molecular formula is C26H26N2O7. The van der Waals surface area contributed by atoms with Crippen LogP contribution in [0.2, 0.25) is 0 Å². The highest BCUT2D eigenvalue weighted by molar-refractivity contribution is 6.05. The van der Waals surface area contributed by atoms with Gasteiger partial charge in [-0.15, -0.1) is 0 Å². The predicted molar refractivity (Wildman–Crippen MR) is 130 cm³/mol. The van der Waals surface area contributed by atoms with Crippen molar-refractivity contribution < 1.29 is 33.3 Å². The van der Waals surface area contributed by atoms with E-state index in [9.17, 15) is 14.4 Å². The fraction of sp³-hybridized carbons (Fsp3) is 0.192. The summed E-state index contributed by atoms with van der Waals surface area (Å²) in [6.45, 7) is 1.57. The fourth-order valence-electron chi connectivity index (χ4n) is 3.19. The average molecular weight is 479 g/mol. The number of hydrogen-bond donors (Lipinski definition) is 1. The van der Waals surface area contributed by atoms with Crippen molar-refractivity contribution in [1.82, 2.24) is 0 Å². The number of hydrogen-bond acceptors (Lipinski definition) is 7. The van der Waals surface area contributed by atoms with Gasteiger partial charge in [0, 0.05) is 18.3 Å². The number of carbonyl (C=O) groups is 3. The highest BCUT2D eigenvalue weighted by Crippen LogP contribution is 2.39. The summed E-state index contributed by atoms with van der Waals surface area (Å²) in [6, 6.07) is 16.7. The number of methoxy groups -OCH3 is 2. The fourth-order valence-corrected chi connectivity index (χ4v) is 3.19. The third kappa shape index (κ3) is 6.08. The Morgan fingerprint density at radius 2 is 1.43 bits per heavy atom. The molecule has 0 saturated heterocycles. The summed E-state index contributed by atoms with van der Waals surface area (Å²) in [5.41, 5.74) is 7.54. The summed E-state index contributed by atoms with van der Waals surface area (Å²) in [5, 5.41) is 0. The quantitative estimate of drug-likeness (QED) is 0.370. The first-order valence-corrected chi connectivity index (χ1v) is 10.6. The maximum atomic E-state index is 12.8. The van der Waals surface area contributed by atoms with Gasteiger partial charge in [-0.25, -0.2) is 4.79 Å². The Balaban J connectivity index is 1.74. The summed E-state index contributed by atoms with van der Waals surface area (Å²) in [6.07, 6.45) is 0. The number of ether oxygens (including phenoxy) is 4. The summed E-state index contributed by atoms with van der Waals surface area (Å²) in [7, 11) is 4.44. The number of anilines is 1. The van der Waals surface area contributed by atoms with Crippen molar-refractivity contribution in [2.75, 3.05) is 32.8 Å². The molecule has 0 fully saturated rings. The second-order valence-corrected chi connectivity index (χ2v) is 7.58. The van der Waals surface area contributed by atoms with Crippen LogP contribution in [-0.4, -0.2) is 45.7 Å². The number of carbonyl (C=O) groups excluding carboxylic acids is 3. The molecule has 0 aliphatic heterocycles. The van der Waals surface area contributed by atoms with Crippen LogP contribution in [-0.2, 0) is 4.79 Å². The highest BCUT2D eigenvalue weighted by atomic mass is 16.5. The molecule has 0 unspecified atom stereocenters. The topological polar surface area (TPSA) is 117 Å². The Labute approximate surface area is 203 Å². The first-order valence-electron chi connectivity index (χ1n) is 10.6. The van der Waals surface area contributed by atoms with E-state index in [2.05, 4.69) is 0 Å². The molecule has 2 N–H and O–H groups in total. The molecule has 0 spiro atoms. The van der Waals surface area contributed by atoms with Gasteiger partial charge in [0.25, 0.3) is 11.8 Å². The molecule has 2 amide bonds. The number of nitrogens with zero attached hydrogens (tertiary/aromatic N) is 1. The smallest absolute Gasteiger partial charge is 0.343 e.